The number of nitrogens with one attached hydrogen (secondary N) is 1. The molecule has 34 heavy (non-hydrogen) atoms. The third kappa shape index (κ3) is 5.61. The first-order chi connectivity index (χ1) is 16.3. The van der Waals surface area contributed by atoms with E-state index >= 15 is 0 Å². The molecule has 0 unspecified atom stereocenters. The van der Waals surface area contributed by atoms with Crippen LogP contribution in [0.4, 0.5) is 15.3 Å². The monoisotopic (exact) mass is 492 g/mol. The van der Waals surface area contributed by atoms with Gasteiger partial charge in [-0.1, -0.05) is 11.6 Å². The summed E-state index contributed by atoms with van der Waals surface area (Å²) in [4.78, 5) is 52.3. The van der Waals surface area contributed by atoms with E-state index in [1.54, 1.807) is 23.1 Å². The van der Waals surface area contributed by atoms with E-state index in [0.717, 1.165) is 12.8 Å². The molecule has 1 aromatic carbocycles. The number of urea groups is 1. The Morgan fingerprint density at radius 1 is 1.03 bits per heavy atom. The van der Waals surface area contributed by atoms with Crippen molar-refractivity contribution in [2.75, 3.05) is 44.2 Å². The van der Waals surface area contributed by atoms with Crippen molar-refractivity contribution in [3.8, 4) is 0 Å². The zero-order valence-corrected chi connectivity index (χ0v) is 19.6. The molecular formula is C23H29ClN4O6. The fourth-order valence-electron chi connectivity index (χ4n) is 4.62. The van der Waals surface area contributed by atoms with E-state index in [1.165, 1.54) is 9.80 Å². The summed E-state index contributed by atoms with van der Waals surface area (Å²) in [5.41, 5.74) is 0.860. The van der Waals surface area contributed by atoms with Crippen LogP contribution in [0.15, 0.2) is 18.2 Å². The predicted octanol–water partition coefficient (Wildman–Crippen LogP) is 2.80. The van der Waals surface area contributed by atoms with Gasteiger partial charge in [0.25, 0.3) is 5.91 Å². The van der Waals surface area contributed by atoms with E-state index in [4.69, 9.17) is 21.4 Å². The van der Waals surface area contributed by atoms with Crippen LogP contribution < -0.4 is 10.2 Å². The van der Waals surface area contributed by atoms with E-state index in [-0.39, 0.29) is 30.9 Å². The number of carbonyl (C=O) groups excluding carboxylic acids is 3. The third-order valence-electron chi connectivity index (χ3n) is 6.72. The Kier molecular flexibility index (Phi) is 7.57. The minimum Gasteiger partial charge on any atom is -0.465 e. The van der Waals surface area contributed by atoms with Gasteiger partial charge in [-0.2, -0.15) is 0 Å². The smallest absolute Gasteiger partial charge is 0.407 e. The van der Waals surface area contributed by atoms with Gasteiger partial charge < -0.3 is 19.6 Å². The van der Waals surface area contributed by atoms with E-state index in [2.05, 4.69) is 5.32 Å². The Labute approximate surface area is 202 Å². The van der Waals surface area contributed by atoms with Crippen molar-refractivity contribution >= 4 is 41.2 Å². The average Bonchev–Trinajstić information content (AvgIpc) is 2.83. The lowest BCUT2D eigenvalue weighted by atomic mass is 9.97. The summed E-state index contributed by atoms with van der Waals surface area (Å²) in [5, 5.41) is 11.6. The van der Waals surface area contributed by atoms with Crippen molar-refractivity contribution in [3.05, 3.63) is 28.8 Å². The van der Waals surface area contributed by atoms with Crippen LogP contribution in [0, 0.1) is 5.92 Å². The lowest BCUT2D eigenvalue weighted by molar-refractivity contribution is -0.120. The van der Waals surface area contributed by atoms with Crippen molar-refractivity contribution in [1.82, 2.24) is 15.1 Å². The largest absolute Gasteiger partial charge is 0.465 e. The summed E-state index contributed by atoms with van der Waals surface area (Å²) in [7, 11) is 0. The Hall–Kier alpha value is -2.85. The number of halogens is 1. The van der Waals surface area contributed by atoms with Gasteiger partial charge in [-0.05, 0) is 49.8 Å². The zero-order valence-electron chi connectivity index (χ0n) is 18.9. The lowest BCUT2D eigenvalue weighted by Gasteiger charge is -2.34. The van der Waals surface area contributed by atoms with Crippen molar-refractivity contribution in [2.45, 2.75) is 38.2 Å². The van der Waals surface area contributed by atoms with Crippen molar-refractivity contribution in [1.29, 1.82) is 0 Å². The predicted molar refractivity (Wildman–Crippen MR) is 124 cm³/mol. The van der Waals surface area contributed by atoms with Crippen LogP contribution in [0.2, 0.25) is 5.02 Å². The van der Waals surface area contributed by atoms with Crippen molar-refractivity contribution in [3.63, 3.8) is 0 Å². The summed E-state index contributed by atoms with van der Waals surface area (Å²) in [5.74, 6) is -0.0917. The molecule has 3 aliphatic heterocycles. The van der Waals surface area contributed by atoms with Gasteiger partial charge in [-0.15, -0.1) is 0 Å². The molecule has 2 N–H and O–H groups in total. The SMILES string of the molecule is O=C1CCN(c2cc(C(=O)N3CCC(COC4CCN(C(=O)O)CC4)CC3)ccc2Cl)C(=O)N1. The summed E-state index contributed by atoms with van der Waals surface area (Å²) in [6, 6.07) is 4.32. The van der Waals surface area contributed by atoms with Crippen molar-refractivity contribution in [2.24, 2.45) is 5.92 Å². The maximum Gasteiger partial charge on any atom is 0.407 e. The second kappa shape index (κ2) is 10.6. The highest BCUT2D eigenvalue weighted by Gasteiger charge is 2.29. The summed E-state index contributed by atoms with van der Waals surface area (Å²) < 4.78 is 6.04. The van der Waals surface area contributed by atoms with Crippen LogP contribution in [0.5, 0.6) is 0 Å². The van der Waals surface area contributed by atoms with E-state index in [1.807, 2.05) is 0 Å². The number of hydrogen-bond donors (Lipinski definition) is 2. The molecule has 0 atom stereocenters. The number of carboxylic acid groups (broad SMARTS) is 1. The van der Waals surface area contributed by atoms with Gasteiger partial charge in [-0.3, -0.25) is 19.8 Å². The van der Waals surface area contributed by atoms with Crippen LogP contribution in [0.1, 0.15) is 42.5 Å². The molecular weight excluding hydrogens is 464 g/mol. The maximum absolute atomic E-state index is 13.1. The number of amides is 5. The number of benzene rings is 1. The molecule has 3 aliphatic rings. The molecule has 0 aromatic heterocycles. The van der Waals surface area contributed by atoms with Gasteiger partial charge in [0.2, 0.25) is 5.91 Å². The molecule has 0 bridgehead atoms. The second-order valence-corrected chi connectivity index (χ2v) is 9.37. The third-order valence-corrected chi connectivity index (χ3v) is 7.04. The number of hydrogen-bond acceptors (Lipinski definition) is 5. The molecule has 3 saturated heterocycles. The minimum absolute atomic E-state index is 0.0880. The highest BCUT2D eigenvalue weighted by atomic mass is 35.5. The number of piperidine rings is 2. The Balaban J connectivity index is 1.28. The molecule has 3 fully saturated rings. The molecule has 1 aromatic rings. The molecule has 184 valence electrons. The number of nitrogens with zero attached hydrogens (tertiary/aromatic N) is 3. The van der Waals surface area contributed by atoms with E-state index in [0.29, 0.717) is 67.8 Å². The number of rotatable bonds is 5. The summed E-state index contributed by atoms with van der Waals surface area (Å²) >= 11 is 6.29. The number of carbonyl (C=O) groups is 4. The molecule has 4 rings (SSSR count). The van der Waals surface area contributed by atoms with Crippen LogP contribution >= 0.6 is 11.6 Å². The summed E-state index contributed by atoms with van der Waals surface area (Å²) in [6.07, 6.45) is 2.47. The molecule has 0 saturated carbocycles. The van der Waals surface area contributed by atoms with E-state index < -0.39 is 12.1 Å². The van der Waals surface area contributed by atoms with Crippen LogP contribution in [0.25, 0.3) is 0 Å². The lowest BCUT2D eigenvalue weighted by Crippen LogP contribution is -2.49. The molecule has 10 nitrogen and oxygen atoms in total. The Bertz CT molecular complexity index is 957. The number of likely N-dealkylation sites (tertiary alicyclic amines) is 2. The first-order valence-electron chi connectivity index (χ1n) is 11.6. The van der Waals surface area contributed by atoms with Gasteiger partial charge in [0.05, 0.1) is 16.8 Å². The maximum atomic E-state index is 13.1. The van der Waals surface area contributed by atoms with Gasteiger partial charge in [0.15, 0.2) is 0 Å². The standard InChI is InChI=1S/C23H29ClN4O6/c24-18-2-1-16(13-19(18)28-12-7-20(29)25-22(28)31)21(30)26-8-3-15(4-9-26)14-34-17-5-10-27(11-6-17)23(32)33/h1-2,13,15,17H,3-12,14H2,(H,32,33)(H,25,29,31). The van der Waals surface area contributed by atoms with Crippen LogP contribution in [-0.2, 0) is 9.53 Å². The van der Waals surface area contributed by atoms with Crippen LogP contribution in [-0.4, -0.2) is 84.3 Å². The molecule has 0 spiro atoms. The van der Waals surface area contributed by atoms with Gasteiger partial charge in [-0.25, -0.2) is 9.59 Å². The molecule has 11 heteroatoms. The highest BCUT2D eigenvalue weighted by molar-refractivity contribution is 6.34. The van der Waals surface area contributed by atoms with Gasteiger partial charge in [0.1, 0.15) is 0 Å². The normalized spacial score (nSPS) is 20.4. The number of imide groups is 1. The zero-order chi connectivity index (χ0) is 24.2. The fraction of sp³-hybridized carbons (Fsp3) is 0.565. The molecule has 5 amide bonds. The number of ether oxygens (including phenoxy) is 1. The van der Waals surface area contributed by atoms with Gasteiger partial charge in [0, 0.05) is 51.3 Å². The van der Waals surface area contributed by atoms with Crippen molar-refractivity contribution < 1.29 is 29.0 Å². The number of anilines is 1. The molecule has 3 heterocycles. The Morgan fingerprint density at radius 3 is 2.35 bits per heavy atom. The van der Waals surface area contributed by atoms with E-state index in [9.17, 15) is 19.2 Å². The summed E-state index contributed by atoms with van der Waals surface area (Å²) in [6.45, 7) is 3.06. The van der Waals surface area contributed by atoms with Crippen LogP contribution in [0.3, 0.4) is 0 Å². The fourth-order valence-corrected chi connectivity index (χ4v) is 4.84. The Morgan fingerprint density at radius 2 is 1.71 bits per heavy atom. The molecule has 0 aliphatic carbocycles. The minimum atomic E-state index is -0.877. The topological polar surface area (TPSA) is 119 Å². The van der Waals surface area contributed by atoms with Gasteiger partial charge >= 0.3 is 12.1 Å². The average molecular weight is 493 g/mol. The quantitative estimate of drug-likeness (QED) is 0.652. The molecule has 0 radical (unpaired) electrons. The first-order valence-corrected chi connectivity index (χ1v) is 12.0. The first kappa shape index (κ1) is 24.3. The second-order valence-electron chi connectivity index (χ2n) is 8.96. The highest BCUT2D eigenvalue weighted by Crippen LogP contribution is 2.30.